The summed E-state index contributed by atoms with van der Waals surface area (Å²) in [5, 5.41) is 2.74. The van der Waals surface area contributed by atoms with Gasteiger partial charge in [-0.05, 0) is 27.8 Å². The van der Waals surface area contributed by atoms with E-state index in [9.17, 15) is 18.0 Å². The maximum atomic E-state index is 12.3. The zero-order valence-corrected chi connectivity index (χ0v) is 11.2. The molecule has 0 spiro atoms. The molecule has 0 heterocycles. The van der Waals surface area contributed by atoms with Gasteiger partial charge in [-0.25, -0.2) is 0 Å². The van der Waals surface area contributed by atoms with E-state index in [2.05, 4.69) is 5.32 Å². The summed E-state index contributed by atoms with van der Waals surface area (Å²) >= 11 is 0. The first-order chi connectivity index (χ1) is 8.03. The number of hydrogen-bond donors (Lipinski definition) is 1. The number of nitrogens with zero attached hydrogens (tertiary/aromatic N) is 1. The van der Waals surface area contributed by atoms with Crippen molar-refractivity contribution in [3.63, 3.8) is 0 Å². The van der Waals surface area contributed by atoms with Crippen LogP contribution in [0.2, 0.25) is 0 Å². The summed E-state index contributed by atoms with van der Waals surface area (Å²) in [6.45, 7) is 4.05. The van der Waals surface area contributed by atoms with Crippen LogP contribution in [-0.2, 0) is 9.53 Å². The molecule has 0 unspecified atom stereocenters. The number of halogens is 3. The lowest BCUT2D eigenvalue weighted by Gasteiger charge is -2.25. The summed E-state index contributed by atoms with van der Waals surface area (Å²) in [6, 6.07) is 0. The predicted octanol–water partition coefficient (Wildman–Crippen LogP) is 1.41. The van der Waals surface area contributed by atoms with E-state index in [1.807, 2.05) is 0 Å². The Hall–Kier alpha value is -0.820. The summed E-state index contributed by atoms with van der Waals surface area (Å²) in [7, 11) is 1.64. The van der Waals surface area contributed by atoms with Crippen LogP contribution < -0.4 is 5.32 Å². The molecule has 0 bridgehead atoms. The number of rotatable bonds is 6. The molecule has 4 nitrogen and oxygen atoms in total. The zero-order valence-electron chi connectivity index (χ0n) is 11.2. The van der Waals surface area contributed by atoms with Crippen LogP contribution >= 0.6 is 0 Å². The molecule has 0 aliphatic heterocycles. The van der Waals surface area contributed by atoms with Gasteiger partial charge >= 0.3 is 12.1 Å². The van der Waals surface area contributed by atoms with Crippen LogP contribution in [0.4, 0.5) is 13.2 Å². The molecular formula is C11H21F3N2O2. The number of carbonyl (C=O) groups is 1. The SMILES string of the molecule is CNCCN(CC(=O)OC(C)(C)C)CC(F)(F)F. The molecule has 0 aromatic rings. The van der Waals surface area contributed by atoms with Crippen molar-refractivity contribution < 1.29 is 22.7 Å². The van der Waals surface area contributed by atoms with Crippen molar-refractivity contribution in [2.75, 3.05) is 33.2 Å². The molecule has 1 N–H and O–H groups in total. The summed E-state index contributed by atoms with van der Waals surface area (Å²) in [4.78, 5) is 12.5. The van der Waals surface area contributed by atoms with E-state index >= 15 is 0 Å². The van der Waals surface area contributed by atoms with Crippen LogP contribution in [0.5, 0.6) is 0 Å². The normalized spacial score (nSPS) is 12.9. The fraction of sp³-hybridized carbons (Fsp3) is 0.909. The van der Waals surface area contributed by atoms with Crippen LogP contribution in [0, 0.1) is 0 Å². The topological polar surface area (TPSA) is 41.6 Å². The summed E-state index contributed by atoms with van der Waals surface area (Å²) < 4.78 is 41.9. The molecule has 0 aromatic heterocycles. The molecule has 0 saturated carbocycles. The summed E-state index contributed by atoms with van der Waals surface area (Å²) in [5.41, 5.74) is -0.690. The van der Waals surface area contributed by atoms with Crippen molar-refractivity contribution in [2.24, 2.45) is 0 Å². The van der Waals surface area contributed by atoms with E-state index in [4.69, 9.17) is 4.74 Å². The number of ether oxygens (including phenoxy) is 1. The zero-order chi connectivity index (χ0) is 14.4. The molecule has 0 atom stereocenters. The van der Waals surface area contributed by atoms with Gasteiger partial charge in [0.2, 0.25) is 0 Å². The lowest BCUT2D eigenvalue weighted by Crippen LogP contribution is -2.42. The van der Waals surface area contributed by atoms with Crippen LogP contribution in [-0.4, -0.2) is 55.9 Å². The maximum Gasteiger partial charge on any atom is 0.401 e. The highest BCUT2D eigenvalue weighted by atomic mass is 19.4. The monoisotopic (exact) mass is 270 g/mol. The molecule has 0 fully saturated rings. The Bertz CT molecular complexity index is 262. The minimum absolute atomic E-state index is 0.134. The van der Waals surface area contributed by atoms with Gasteiger partial charge in [-0.2, -0.15) is 13.2 Å². The minimum atomic E-state index is -4.32. The number of carbonyl (C=O) groups excluding carboxylic acids is 1. The highest BCUT2D eigenvalue weighted by Gasteiger charge is 2.32. The van der Waals surface area contributed by atoms with Gasteiger partial charge in [-0.3, -0.25) is 9.69 Å². The minimum Gasteiger partial charge on any atom is -0.459 e. The maximum absolute atomic E-state index is 12.3. The Morgan fingerprint density at radius 1 is 1.28 bits per heavy atom. The van der Waals surface area contributed by atoms with Gasteiger partial charge in [-0.15, -0.1) is 0 Å². The second-order valence-electron chi connectivity index (χ2n) is 5.02. The van der Waals surface area contributed by atoms with Crippen molar-refractivity contribution in [1.29, 1.82) is 0 Å². The molecule has 0 rings (SSSR count). The summed E-state index contributed by atoms with van der Waals surface area (Å²) in [6.07, 6.45) is -4.32. The molecule has 0 radical (unpaired) electrons. The Kier molecular flexibility index (Phi) is 6.62. The van der Waals surface area contributed by atoms with E-state index in [-0.39, 0.29) is 13.1 Å². The van der Waals surface area contributed by atoms with Gasteiger partial charge in [0.1, 0.15) is 5.60 Å². The lowest BCUT2D eigenvalue weighted by atomic mass is 10.2. The van der Waals surface area contributed by atoms with E-state index in [0.717, 1.165) is 4.90 Å². The Balaban J connectivity index is 4.35. The van der Waals surface area contributed by atoms with E-state index in [0.29, 0.717) is 6.54 Å². The van der Waals surface area contributed by atoms with E-state index < -0.39 is 24.3 Å². The van der Waals surface area contributed by atoms with Crippen molar-refractivity contribution in [3.8, 4) is 0 Å². The van der Waals surface area contributed by atoms with Crippen LogP contribution in [0.25, 0.3) is 0 Å². The fourth-order valence-corrected chi connectivity index (χ4v) is 1.29. The van der Waals surface area contributed by atoms with Gasteiger partial charge < -0.3 is 10.1 Å². The Morgan fingerprint density at radius 2 is 1.83 bits per heavy atom. The molecule has 7 heteroatoms. The second kappa shape index (κ2) is 6.94. The van der Waals surface area contributed by atoms with Gasteiger partial charge in [0, 0.05) is 13.1 Å². The van der Waals surface area contributed by atoms with Gasteiger partial charge in [0.25, 0.3) is 0 Å². The van der Waals surface area contributed by atoms with Crippen molar-refractivity contribution in [1.82, 2.24) is 10.2 Å². The molecule has 0 amide bonds. The van der Waals surface area contributed by atoms with Crippen LogP contribution in [0.15, 0.2) is 0 Å². The van der Waals surface area contributed by atoms with Crippen molar-refractivity contribution in [3.05, 3.63) is 0 Å². The average molecular weight is 270 g/mol. The quantitative estimate of drug-likeness (QED) is 0.741. The molecule has 0 saturated heterocycles. The number of nitrogens with one attached hydrogen (secondary N) is 1. The molecule has 0 aliphatic rings. The molecule has 108 valence electrons. The first-order valence-electron chi connectivity index (χ1n) is 5.69. The van der Waals surface area contributed by atoms with E-state index in [1.165, 1.54) is 0 Å². The second-order valence-corrected chi connectivity index (χ2v) is 5.02. The Labute approximate surface area is 105 Å². The highest BCUT2D eigenvalue weighted by molar-refractivity contribution is 5.72. The van der Waals surface area contributed by atoms with Gasteiger partial charge in [-0.1, -0.05) is 0 Å². The standard InChI is InChI=1S/C11H21F3N2O2/c1-10(2,3)18-9(17)7-16(6-5-15-4)8-11(12,13)14/h15H,5-8H2,1-4H3. The molecular weight excluding hydrogens is 249 g/mol. The number of esters is 1. The number of likely N-dealkylation sites (N-methyl/N-ethyl adjacent to an activating group) is 1. The first kappa shape index (κ1) is 17.2. The van der Waals surface area contributed by atoms with E-state index in [1.54, 1.807) is 27.8 Å². The average Bonchev–Trinajstić information content (AvgIpc) is 2.08. The first-order valence-corrected chi connectivity index (χ1v) is 5.69. The van der Waals surface area contributed by atoms with Crippen molar-refractivity contribution >= 4 is 5.97 Å². The van der Waals surface area contributed by atoms with Gasteiger partial charge in [0.05, 0.1) is 13.1 Å². The summed E-state index contributed by atoms with van der Waals surface area (Å²) in [5.74, 6) is -0.650. The molecule has 0 aromatic carbocycles. The third-order valence-corrected chi connectivity index (χ3v) is 1.85. The van der Waals surface area contributed by atoms with Crippen LogP contribution in [0.1, 0.15) is 20.8 Å². The highest BCUT2D eigenvalue weighted by Crippen LogP contribution is 2.16. The fourth-order valence-electron chi connectivity index (χ4n) is 1.29. The third kappa shape index (κ3) is 10.3. The predicted molar refractivity (Wildman–Crippen MR) is 62.3 cm³/mol. The van der Waals surface area contributed by atoms with Crippen LogP contribution in [0.3, 0.4) is 0 Å². The number of alkyl halides is 3. The smallest absolute Gasteiger partial charge is 0.401 e. The largest absolute Gasteiger partial charge is 0.459 e. The van der Waals surface area contributed by atoms with Gasteiger partial charge in [0.15, 0.2) is 0 Å². The number of hydrogen-bond acceptors (Lipinski definition) is 4. The lowest BCUT2D eigenvalue weighted by molar-refractivity contribution is -0.164. The van der Waals surface area contributed by atoms with Crippen molar-refractivity contribution in [2.45, 2.75) is 32.5 Å². The molecule has 18 heavy (non-hydrogen) atoms. The third-order valence-electron chi connectivity index (χ3n) is 1.85. The Morgan fingerprint density at radius 3 is 2.22 bits per heavy atom. The molecule has 0 aliphatic carbocycles.